The van der Waals surface area contributed by atoms with Crippen molar-refractivity contribution < 1.29 is 27.4 Å². The molecule has 3 aromatic rings. The van der Waals surface area contributed by atoms with Crippen molar-refractivity contribution in [2.24, 2.45) is 0 Å². The molecule has 0 bridgehead atoms. The molecule has 2 aromatic heterocycles. The zero-order valence-electron chi connectivity index (χ0n) is 16.4. The monoisotopic (exact) mass is 420 g/mol. The van der Waals surface area contributed by atoms with Gasteiger partial charge in [-0.2, -0.15) is 9.78 Å². The number of ether oxygens (including phenoxy) is 2. The van der Waals surface area contributed by atoms with Crippen LogP contribution < -0.4 is 10.1 Å². The second kappa shape index (κ2) is 8.44. The van der Waals surface area contributed by atoms with Gasteiger partial charge < -0.3 is 14.8 Å². The largest absolute Gasteiger partial charge is 0.573 e. The van der Waals surface area contributed by atoms with E-state index in [0.29, 0.717) is 18.1 Å². The predicted molar refractivity (Wildman–Crippen MR) is 103 cm³/mol. The first-order chi connectivity index (χ1) is 14.2. The summed E-state index contributed by atoms with van der Waals surface area (Å²) in [4.78, 5) is 16.5. The lowest BCUT2D eigenvalue weighted by Crippen LogP contribution is -2.18. The molecule has 0 amide bonds. The number of nitrogens with zero attached hydrogens (tertiary/aromatic N) is 3. The zero-order chi connectivity index (χ0) is 21.9. The van der Waals surface area contributed by atoms with E-state index in [9.17, 15) is 18.0 Å². The van der Waals surface area contributed by atoms with Crippen LogP contribution in [0.1, 0.15) is 28.5 Å². The molecule has 3 rings (SSSR count). The summed E-state index contributed by atoms with van der Waals surface area (Å²) in [5, 5.41) is 7.57. The van der Waals surface area contributed by atoms with Crippen molar-refractivity contribution in [1.82, 2.24) is 14.8 Å². The third-order valence-electron chi connectivity index (χ3n) is 4.20. The van der Waals surface area contributed by atoms with Crippen molar-refractivity contribution in [2.75, 3.05) is 12.4 Å². The molecule has 7 nitrogen and oxygen atoms in total. The number of esters is 1. The minimum Gasteiger partial charge on any atom is -0.465 e. The van der Waals surface area contributed by atoms with Crippen LogP contribution in [0.25, 0.3) is 5.82 Å². The van der Waals surface area contributed by atoms with Crippen molar-refractivity contribution in [3.8, 4) is 11.6 Å². The van der Waals surface area contributed by atoms with Gasteiger partial charge in [0.15, 0.2) is 5.82 Å². The number of pyridine rings is 1. The van der Waals surface area contributed by atoms with Crippen molar-refractivity contribution in [3.63, 3.8) is 0 Å². The SMILES string of the molecule is CCc1cc(Nc2ccc(OC(F)(F)F)cc2C(=O)OC)n(-c2ncccc2C)n1. The van der Waals surface area contributed by atoms with E-state index in [4.69, 9.17) is 4.74 Å². The number of methoxy groups -OCH3 is 1. The normalized spacial score (nSPS) is 11.3. The van der Waals surface area contributed by atoms with Crippen LogP contribution in [0.3, 0.4) is 0 Å². The van der Waals surface area contributed by atoms with Crippen LogP contribution in [0.15, 0.2) is 42.6 Å². The van der Waals surface area contributed by atoms with E-state index in [1.165, 1.54) is 6.07 Å². The summed E-state index contributed by atoms with van der Waals surface area (Å²) in [7, 11) is 1.14. The van der Waals surface area contributed by atoms with Gasteiger partial charge in [0.05, 0.1) is 24.1 Å². The quantitative estimate of drug-likeness (QED) is 0.589. The molecule has 0 aliphatic heterocycles. The van der Waals surface area contributed by atoms with Gasteiger partial charge in [0.25, 0.3) is 0 Å². The maximum atomic E-state index is 12.6. The number of aromatic nitrogens is 3. The zero-order valence-corrected chi connectivity index (χ0v) is 16.4. The number of hydrogen-bond donors (Lipinski definition) is 1. The molecule has 1 aromatic carbocycles. The van der Waals surface area contributed by atoms with Crippen molar-refractivity contribution in [3.05, 3.63) is 59.4 Å². The number of carbonyl (C=O) groups excluding carboxylic acids is 1. The van der Waals surface area contributed by atoms with Crippen molar-refractivity contribution >= 4 is 17.5 Å². The molecule has 0 aliphatic carbocycles. The van der Waals surface area contributed by atoms with Gasteiger partial charge in [0.2, 0.25) is 0 Å². The summed E-state index contributed by atoms with van der Waals surface area (Å²) < 4.78 is 47.9. The summed E-state index contributed by atoms with van der Waals surface area (Å²) >= 11 is 0. The Hall–Kier alpha value is -3.56. The van der Waals surface area contributed by atoms with E-state index in [2.05, 4.69) is 20.1 Å². The number of rotatable bonds is 6. The Labute approximate surface area is 170 Å². The molecule has 30 heavy (non-hydrogen) atoms. The third-order valence-corrected chi connectivity index (χ3v) is 4.20. The average Bonchev–Trinajstić information content (AvgIpc) is 3.10. The number of hydrogen-bond acceptors (Lipinski definition) is 6. The van der Waals surface area contributed by atoms with E-state index in [-0.39, 0.29) is 11.3 Å². The lowest BCUT2D eigenvalue weighted by molar-refractivity contribution is -0.274. The highest BCUT2D eigenvalue weighted by Gasteiger charge is 2.31. The van der Waals surface area contributed by atoms with E-state index < -0.39 is 18.1 Å². The van der Waals surface area contributed by atoms with E-state index in [1.807, 2.05) is 19.9 Å². The summed E-state index contributed by atoms with van der Waals surface area (Å²) in [6.45, 7) is 3.81. The Balaban J connectivity index is 2.05. The lowest BCUT2D eigenvalue weighted by atomic mass is 10.1. The molecule has 0 unspecified atom stereocenters. The van der Waals surface area contributed by atoms with Crippen LogP contribution in [0, 0.1) is 6.92 Å². The first kappa shape index (κ1) is 21.2. The maximum Gasteiger partial charge on any atom is 0.573 e. The number of nitrogens with one attached hydrogen (secondary N) is 1. The number of anilines is 2. The van der Waals surface area contributed by atoms with Gasteiger partial charge in [-0.05, 0) is 43.2 Å². The Bertz CT molecular complexity index is 1060. The van der Waals surface area contributed by atoms with Crippen molar-refractivity contribution in [1.29, 1.82) is 0 Å². The number of benzene rings is 1. The Morgan fingerprint density at radius 2 is 2.00 bits per heavy atom. The number of aryl methyl sites for hydroxylation is 2. The second-order valence-corrected chi connectivity index (χ2v) is 6.30. The highest BCUT2D eigenvalue weighted by Crippen LogP contribution is 2.30. The van der Waals surface area contributed by atoms with E-state index in [1.54, 1.807) is 23.0 Å². The number of alkyl halides is 3. The molecule has 0 spiro atoms. The minimum absolute atomic E-state index is 0.122. The predicted octanol–water partition coefficient (Wildman–Crippen LogP) is 4.57. The molecule has 2 heterocycles. The molecule has 158 valence electrons. The Morgan fingerprint density at radius 1 is 1.23 bits per heavy atom. The smallest absolute Gasteiger partial charge is 0.465 e. The van der Waals surface area contributed by atoms with Gasteiger partial charge in [0, 0.05) is 12.3 Å². The van der Waals surface area contributed by atoms with Crippen LogP contribution in [0.2, 0.25) is 0 Å². The fourth-order valence-corrected chi connectivity index (χ4v) is 2.80. The molecular weight excluding hydrogens is 401 g/mol. The molecular formula is C20H19F3N4O3. The number of halogens is 3. The van der Waals surface area contributed by atoms with Gasteiger partial charge in [0.1, 0.15) is 11.6 Å². The van der Waals surface area contributed by atoms with Gasteiger partial charge in [-0.25, -0.2) is 9.78 Å². The summed E-state index contributed by atoms with van der Waals surface area (Å²) in [5.74, 6) is -0.280. The summed E-state index contributed by atoms with van der Waals surface area (Å²) in [6, 6.07) is 8.83. The first-order valence-electron chi connectivity index (χ1n) is 8.98. The minimum atomic E-state index is -4.88. The molecule has 10 heteroatoms. The standard InChI is InChI=1S/C20H19F3N4O3/c1-4-13-10-17(27(26-13)18-12(2)6-5-9-24-18)25-16-8-7-14(30-20(21,22)23)11-15(16)19(28)29-3/h5-11,25H,4H2,1-3H3. The molecule has 0 saturated heterocycles. The van der Waals surface area contributed by atoms with Crippen LogP contribution >= 0.6 is 0 Å². The van der Waals surface area contributed by atoms with Crippen LogP contribution in [0.4, 0.5) is 24.7 Å². The van der Waals surface area contributed by atoms with E-state index in [0.717, 1.165) is 30.5 Å². The number of carbonyl (C=O) groups is 1. The summed E-state index contributed by atoms with van der Waals surface area (Å²) in [5.41, 5.74) is 1.74. The van der Waals surface area contributed by atoms with Gasteiger partial charge in [-0.15, -0.1) is 13.2 Å². The second-order valence-electron chi connectivity index (χ2n) is 6.30. The van der Waals surface area contributed by atoms with Gasteiger partial charge in [-0.1, -0.05) is 13.0 Å². The third kappa shape index (κ3) is 4.70. The fraction of sp³-hybridized carbons (Fsp3) is 0.250. The molecule has 0 atom stereocenters. The maximum absolute atomic E-state index is 12.6. The highest BCUT2D eigenvalue weighted by molar-refractivity contribution is 5.97. The van der Waals surface area contributed by atoms with Crippen LogP contribution in [-0.2, 0) is 11.2 Å². The Morgan fingerprint density at radius 3 is 2.63 bits per heavy atom. The Kier molecular flexibility index (Phi) is 5.95. The molecule has 0 fully saturated rings. The molecule has 0 aliphatic rings. The molecule has 1 N–H and O–H groups in total. The van der Waals surface area contributed by atoms with Crippen LogP contribution in [0.5, 0.6) is 5.75 Å². The first-order valence-corrected chi connectivity index (χ1v) is 8.98. The van der Waals surface area contributed by atoms with Crippen molar-refractivity contribution in [2.45, 2.75) is 26.6 Å². The highest BCUT2D eigenvalue weighted by atomic mass is 19.4. The topological polar surface area (TPSA) is 78.3 Å². The summed E-state index contributed by atoms with van der Waals surface area (Å²) in [6.07, 6.45) is -2.61. The van der Waals surface area contributed by atoms with Gasteiger partial charge >= 0.3 is 12.3 Å². The average molecular weight is 420 g/mol. The lowest BCUT2D eigenvalue weighted by Gasteiger charge is -2.15. The molecule has 0 radical (unpaired) electrons. The molecule has 0 saturated carbocycles. The van der Waals surface area contributed by atoms with Crippen LogP contribution in [-0.4, -0.2) is 34.2 Å². The van der Waals surface area contributed by atoms with Gasteiger partial charge in [-0.3, -0.25) is 0 Å². The fourth-order valence-electron chi connectivity index (χ4n) is 2.80. The van der Waals surface area contributed by atoms with E-state index >= 15 is 0 Å².